The summed E-state index contributed by atoms with van der Waals surface area (Å²) in [4.78, 5) is 197. The van der Waals surface area contributed by atoms with Gasteiger partial charge in [-0.15, -0.1) is 0 Å². The number of aliphatic hydroxyl groups excluding tert-OH is 1. The maximum atomic E-state index is 14.7. The first-order valence-corrected chi connectivity index (χ1v) is 57.1. The number of phosphoric ester groups is 1. The topological polar surface area (TPSA) is 797 Å². The highest BCUT2D eigenvalue weighted by atomic mass is 32.5. The van der Waals surface area contributed by atoms with Crippen LogP contribution in [-0.4, -0.2) is 250 Å². The van der Waals surface area contributed by atoms with Gasteiger partial charge in [0.15, 0.2) is 67.6 Å². The second-order valence-corrected chi connectivity index (χ2v) is 47.4. The number of hydrogen-bond acceptors (Lipinski definition) is 47. The zero-order valence-electron chi connectivity index (χ0n) is 77.2. The summed E-state index contributed by atoms with van der Waals surface area (Å²) in [7, 11) is -5.39. The van der Waals surface area contributed by atoms with E-state index in [9.17, 15) is 62.9 Å². The molecule has 6 aliphatic heterocycles. The second-order valence-electron chi connectivity index (χ2n) is 34.8. The molecule has 0 amide bonds. The molecule has 792 valence electrons. The first kappa shape index (κ1) is 105. The highest BCUT2D eigenvalue weighted by Crippen LogP contribution is 2.58. The average Bonchev–Trinajstić information content (AvgIpc) is 1.63. The molecule has 23 unspecified atom stereocenters. The van der Waals surface area contributed by atoms with Crippen LogP contribution >= 0.6 is 34.7 Å². The van der Waals surface area contributed by atoms with Crippen LogP contribution in [0.4, 0.5) is 29.6 Å². The third kappa shape index (κ3) is 23.7. The van der Waals surface area contributed by atoms with Gasteiger partial charge in [0.25, 0.3) is 27.8 Å². The average molecular weight is 2240 g/mol. The van der Waals surface area contributed by atoms with Crippen LogP contribution in [-0.2, 0) is 150 Å². The van der Waals surface area contributed by atoms with Crippen molar-refractivity contribution in [1.82, 2.24) is 107 Å². The fraction of sp³-hybridized carbons (Fsp3) is 0.420. The van der Waals surface area contributed by atoms with Gasteiger partial charge in [0.1, 0.15) is 105 Å². The van der Waals surface area contributed by atoms with Crippen LogP contribution in [0.25, 0.3) is 55.8 Å². The molecular weight excluding hydrogens is 2150 g/mol. The number of aromatic amines is 5. The fourth-order valence-corrected chi connectivity index (χ4v) is 24.5. The third-order valence-electron chi connectivity index (χ3n) is 24.7. The highest BCUT2D eigenvalue weighted by Gasteiger charge is 2.51. The molecule has 0 radical (unpaired) electrons. The largest absolute Gasteiger partial charge is 0.485 e. The minimum Gasteiger partial charge on any atom is -0.485 e. The number of nitrogens with zero attached hydrogens (tertiary/aromatic N) is 17. The van der Waals surface area contributed by atoms with Crippen molar-refractivity contribution in [3.8, 4) is 11.5 Å². The van der Waals surface area contributed by atoms with Gasteiger partial charge in [0.2, 0.25) is 23.8 Å². The first-order valence-electron chi connectivity index (χ1n) is 45.3. The number of benzene rings is 3. The number of hydrogen-bond donors (Lipinski definition) is 16. The summed E-state index contributed by atoms with van der Waals surface area (Å²) in [5, 5.41) is 11.2. The van der Waals surface area contributed by atoms with Gasteiger partial charge < -0.3 is 137 Å². The Morgan fingerprint density at radius 1 is 0.376 bits per heavy atom. The van der Waals surface area contributed by atoms with Crippen molar-refractivity contribution in [1.29, 1.82) is 0 Å². The van der Waals surface area contributed by atoms with Gasteiger partial charge in [0, 0.05) is 50.3 Å². The Bertz CT molecular complexity index is 8030. The van der Waals surface area contributed by atoms with Crippen molar-refractivity contribution in [3.05, 3.63) is 208 Å². The Hall–Kier alpha value is -11.2. The number of phosphoric acid groups is 1. The van der Waals surface area contributed by atoms with E-state index in [-0.39, 0.29) is 156 Å². The fourth-order valence-electron chi connectivity index (χ4n) is 17.7. The molecule has 0 bridgehead atoms. The summed E-state index contributed by atoms with van der Waals surface area (Å²) in [5.74, 6) is -0.293. The van der Waals surface area contributed by atoms with Crippen molar-refractivity contribution in [2.45, 2.75) is 176 Å². The van der Waals surface area contributed by atoms with Gasteiger partial charge in [-0.2, -0.15) is 19.9 Å². The number of nitrogens with two attached hydrogens (primary N) is 5. The number of aromatic nitrogens is 22. The second kappa shape index (κ2) is 43.1. The van der Waals surface area contributed by atoms with E-state index in [1.165, 1.54) is 73.9 Å². The maximum absolute atomic E-state index is 14.7. The lowest BCUT2D eigenvalue weighted by atomic mass is 10.2. The van der Waals surface area contributed by atoms with Gasteiger partial charge in [-0.25, -0.2) is 44.2 Å². The van der Waals surface area contributed by atoms with E-state index in [0.29, 0.717) is 17.1 Å². The monoisotopic (exact) mass is 2240 g/mol. The van der Waals surface area contributed by atoms with Crippen LogP contribution in [0.5, 0.6) is 11.5 Å². The zero-order chi connectivity index (χ0) is 104. The molecule has 6 fully saturated rings. The minimum absolute atomic E-state index is 0.0274. The van der Waals surface area contributed by atoms with Gasteiger partial charge in [-0.1, -0.05) is 66.7 Å². The van der Waals surface area contributed by atoms with Gasteiger partial charge >= 0.3 is 40.4 Å². The number of anilines is 5. The molecule has 17 heterocycles. The minimum atomic E-state index is -5.39. The number of fused-ring (bicyclic) bond motifs is 5. The summed E-state index contributed by atoms with van der Waals surface area (Å²) < 4.78 is 141. The van der Waals surface area contributed by atoms with E-state index >= 15 is 0 Å². The van der Waals surface area contributed by atoms with Gasteiger partial charge in [-0.05, 0) is 83.0 Å². The van der Waals surface area contributed by atoms with Crippen LogP contribution in [0.2, 0.25) is 0 Å². The smallest absolute Gasteiger partial charge is 0.472 e. The number of imidazole rings is 5. The Morgan fingerprint density at radius 3 is 1.13 bits per heavy atom. The van der Waals surface area contributed by atoms with E-state index in [4.69, 9.17) is 164 Å². The number of H-pyrrole nitrogens is 5. The molecule has 23 atom stereocenters. The van der Waals surface area contributed by atoms with Crippen molar-refractivity contribution in [3.63, 3.8) is 0 Å². The first-order chi connectivity index (χ1) is 71.2. The van der Waals surface area contributed by atoms with E-state index in [1.54, 1.807) is 18.2 Å². The third-order valence-corrected chi connectivity index (χ3v) is 32.1. The molecule has 59 nitrogen and oxygen atoms in total. The molecule has 6 saturated heterocycles. The van der Waals surface area contributed by atoms with Crippen LogP contribution < -0.4 is 71.6 Å². The number of nitrogens with one attached hydrogen (secondary N) is 5. The number of aryl methyl sites for hydroxylation is 1. The van der Waals surface area contributed by atoms with E-state index in [2.05, 4.69) is 79.7 Å². The zero-order valence-corrected chi connectivity index (χ0v) is 84.9. The molecular formula is C81H92N27O32P5S4. The van der Waals surface area contributed by atoms with E-state index < -0.39 is 212 Å². The summed E-state index contributed by atoms with van der Waals surface area (Å²) in [6.07, 6.45) is -16.4. The van der Waals surface area contributed by atoms with Crippen molar-refractivity contribution in [2.24, 2.45) is 0 Å². The quantitative estimate of drug-likeness (QED) is 0.0245. The maximum Gasteiger partial charge on any atom is 0.472 e. The summed E-state index contributed by atoms with van der Waals surface area (Å²) in [6.45, 7) is -20.9. The molecule has 6 aliphatic rings. The van der Waals surface area contributed by atoms with Gasteiger partial charge in [-0.3, -0.25) is 85.3 Å². The molecule has 3 aromatic carbocycles. The molecule has 14 aromatic rings. The molecule has 21 N–H and O–H groups in total. The standard InChI is InChI=1S/C81H92N27O32P5S4/c1-37-21-103(81(115)102-72(37)110)56-16-44(50(131-56)25-122-22-40-12-13-42(123-23-38-8-4-2-5-9-38)43(14-40)124-24-39-10-6-3-7-11-39)136-141(116,117)125-27-51-45(18-58(132-51)106-34-91-63-69(106)95-78(84)99-74(63)112)137-143(119,147)128-29-53-47(19-59(134-53)107-35-92-64-70(107)96-79(85)100-75(64)113)140-145(121,149)129-30-54-48(20-60(135-54)108-36-93-65-71(108)97-80(86)101-76(65)114)139-144(120,148)127-28-52-46(17-57(133-52)104-32-89-61-66(82)87-31-88-67(61)104)138-142(118,146)126-26-49-41(109)15-55(130-49)105-33-90-62-68(105)94-77(83)98-73(62)111/h2-14,21,31-36,41,44-60,109H,15-20,22-30H2,1H3,(H,116,117)(H,118,146)(H,119,147)(H,120,148)(H,121,149)(H2,82,87,88)(H,102,110,115)(H3,83,94,98,111)(H3,84,95,99,112)(H3,85,96,100,113)(H3,86,97,101,114). The lowest BCUT2D eigenvalue weighted by molar-refractivity contribution is -0.0705. The van der Waals surface area contributed by atoms with Crippen LogP contribution in [0.15, 0.2) is 152 Å². The molecule has 149 heavy (non-hydrogen) atoms. The molecule has 0 aliphatic carbocycles. The highest BCUT2D eigenvalue weighted by molar-refractivity contribution is 8.08. The number of aliphatic hydroxyl groups is 1. The predicted octanol–water partition coefficient (Wildman–Crippen LogP) is 2.57. The number of ether oxygens (including phenoxy) is 9. The molecule has 68 heteroatoms. The Balaban J connectivity index is 0.526. The predicted molar refractivity (Wildman–Crippen MR) is 531 cm³/mol. The van der Waals surface area contributed by atoms with Crippen molar-refractivity contribution >= 4 is 167 Å². The van der Waals surface area contributed by atoms with Crippen molar-refractivity contribution < 1.29 is 122 Å². The Kier molecular flexibility index (Phi) is 30.4. The van der Waals surface area contributed by atoms with Gasteiger partial charge in [0.05, 0.1) is 108 Å². The summed E-state index contributed by atoms with van der Waals surface area (Å²) in [6, 6.07) is 24.2. The molecule has 0 spiro atoms. The SMILES string of the molecule is Cc1cn(C2CC(OP(=O)(O)OCC3OC(n4cnc5c(=O)[nH]c(N)nc54)CC3OP(O)(=S)OCC3OC(n4cnc5c(=O)[nH]c(N)nc54)CC3OP(O)(=S)OCC3OC(n4cnc5c(=O)[nH]c(N)nc54)CC3OP(O)(=S)OCC3OC(n4cnc5c(N)ncnc54)CC3OP(O)(=S)OCC3OC(n4cnc5c(=O)[nH]c(N)nc54)CC3O)C(COCc3ccc(OCc4ccccc4)c(OCc4ccccc4)c3)O2)c(=O)[nH]c1=O. The summed E-state index contributed by atoms with van der Waals surface area (Å²) in [5.41, 5.74) is 27.8. The van der Waals surface area contributed by atoms with E-state index in [0.717, 1.165) is 15.7 Å². The Labute approximate surface area is 854 Å². The molecule has 0 saturated carbocycles. The van der Waals surface area contributed by atoms with Crippen molar-refractivity contribution in [2.75, 3.05) is 68.3 Å². The lowest BCUT2D eigenvalue weighted by Crippen LogP contribution is -2.33. The van der Waals surface area contributed by atoms with Crippen LogP contribution in [0, 0.1) is 6.92 Å². The molecule has 20 rings (SSSR count). The van der Waals surface area contributed by atoms with Crippen LogP contribution in [0.1, 0.15) is 98.1 Å². The van der Waals surface area contributed by atoms with Crippen LogP contribution in [0.3, 0.4) is 0 Å². The van der Waals surface area contributed by atoms with E-state index in [1.807, 2.05) is 60.7 Å². The number of nitrogen functional groups attached to an aromatic ring is 5. The number of rotatable bonds is 41. The molecule has 11 aromatic heterocycles. The Morgan fingerprint density at radius 2 is 0.718 bits per heavy atom. The summed E-state index contributed by atoms with van der Waals surface area (Å²) >= 11 is 22.8. The normalized spacial score (nSPS) is 26.2. The lowest BCUT2D eigenvalue weighted by Gasteiger charge is -2.28.